The van der Waals surface area contributed by atoms with Gasteiger partial charge < -0.3 is 25.2 Å². The van der Waals surface area contributed by atoms with Gasteiger partial charge in [0.2, 0.25) is 0 Å². The third kappa shape index (κ3) is 7.51. The van der Waals surface area contributed by atoms with Gasteiger partial charge in [0, 0.05) is 13.1 Å². The molecule has 3 N–H and O–H groups in total. The van der Waals surface area contributed by atoms with E-state index in [4.69, 9.17) is 4.74 Å². The molecule has 164 valence electrons. The average molecular weight is 421 g/mol. The maximum absolute atomic E-state index is 12.2. The largest absolute Gasteiger partial charge is 0.496 e. The predicted octanol–water partition coefficient (Wildman–Crippen LogP) is 3.44. The first-order valence-electron chi connectivity index (χ1n) is 9.81. The molecule has 0 aliphatic carbocycles. The van der Waals surface area contributed by atoms with Crippen LogP contribution >= 0.6 is 0 Å². The quantitative estimate of drug-likeness (QED) is 0.405. The number of benzene rings is 2. The molecule has 0 aliphatic heterocycles. The van der Waals surface area contributed by atoms with Gasteiger partial charge in [0.15, 0.2) is 5.96 Å². The maximum atomic E-state index is 12.2. The number of aryl methyl sites for hydroxylation is 1. The highest BCUT2D eigenvalue weighted by Crippen LogP contribution is 2.20. The summed E-state index contributed by atoms with van der Waals surface area (Å²) in [6.45, 7) is 2.56. The number of guanidine groups is 1. The first kappa shape index (κ1) is 23.4. The minimum Gasteiger partial charge on any atom is -0.496 e. The van der Waals surface area contributed by atoms with Crippen LogP contribution in [0.5, 0.6) is 11.5 Å². The van der Waals surface area contributed by atoms with Gasteiger partial charge in [-0.25, -0.2) is 0 Å². The van der Waals surface area contributed by atoms with E-state index in [-0.39, 0.29) is 12.3 Å². The topological polar surface area (TPSA) is 75.1 Å². The number of nitrogens with zero attached hydrogens (tertiary/aromatic N) is 1. The molecular formula is C22H29F2N3O3. The molecule has 6 nitrogen and oxygen atoms in total. The minimum absolute atomic E-state index is 0.0473. The smallest absolute Gasteiger partial charge is 0.387 e. The van der Waals surface area contributed by atoms with E-state index in [1.54, 1.807) is 19.2 Å². The molecule has 2 aromatic rings. The zero-order chi connectivity index (χ0) is 21.9. The van der Waals surface area contributed by atoms with Crippen molar-refractivity contribution >= 4 is 5.96 Å². The Balaban J connectivity index is 1.92. The van der Waals surface area contributed by atoms with Gasteiger partial charge in [0.25, 0.3) is 0 Å². The summed E-state index contributed by atoms with van der Waals surface area (Å²) in [6.07, 6.45) is -0.110. The van der Waals surface area contributed by atoms with Gasteiger partial charge in [-0.05, 0) is 49.6 Å². The molecule has 2 aromatic carbocycles. The molecule has 0 fully saturated rings. The summed E-state index contributed by atoms with van der Waals surface area (Å²) in [5.41, 5.74) is 2.84. The van der Waals surface area contributed by atoms with Crippen LogP contribution < -0.4 is 20.1 Å². The molecule has 8 heteroatoms. The highest BCUT2D eigenvalue weighted by molar-refractivity contribution is 5.79. The summed E-state index contributed by atoms with van der Waals surface area (Å²) in [7, 11) is 1.65. The number of aliphatic imine (C=N–C) groups is 1. The van der Waals surface area contributed by atoms with E-state index >= 15 is 0 Å². The number of hydrogen-bond acceptors (Lipinski definition) is 4. The Morgan fingerprint density at radius 2 is 1.87 bits per heavy atom. The molecule has 0 heterocycles. The molecule has 2 rings (SSSR count). The number of aliphatic hydroxyl groups is 1. The lowest BCUT2D eigenvalue weighted by Gasteiger charge is -2.15. The minimum atomic E-state index is -2.88. The molecule has 0 aromatic heterocycles. The Kier molecular flexibility index (Phi) is 9.34. The van der Waals surface area contributed by atoms with Crippen LogP contribution in [0.25, 0.3) is 0 Å². The van der Waals surface area contributed by atoms with Gasteiger partial charge in [-0.3, -0.25) is 4.99 Å². The molecule has 0 aliphatic rings. The summed E-state index contributed by atoms with van der Waals surface area (Å²) in [6, 6.07) is 11.9. The van der Waals surface area contributed by atoms with Gasteiger partial charge in [-0.1, -0.05) is 29.8 Å². The van der Waals surface area contributed by atoms with Gasteiger partial charge >= 0.3 is 6.61 Å². The number of alkyl halides is 2. The Bertz CT molecular complexity index is 814. The molecule has 0 spiro atoms. The third-order valence-corrected chi connectivity index (χ3v) is 4.38. The third-order valence-electron chi connectivity index (χ3n) is 4.38. The normalized spacial score (nSPS) is 12.6. The Labute approximate surface area is 175 Å². The molecule has 0 bridgehead atoms. The summed E-state index contributed by atoms with van der Waals surface area (Å²) in [5, 5.41) is 16.7. The lowest BCUT2D eigenvalue weighted by molar-refractivity contribution is -0.0498. The molecule has 0 saturated carbocycles. The van der Waals surface area contributed by atoms with E-state index in [2.05, 4.69) is 26.4 Å². The van der Waals surface area contributed by atoms with Crippen LogP contribution in [0.3, 0.4) is 0 Å². The number of ether oxygens (including phenoxy) is 2. The number of hydrogen-bond donors (Lipinski definition) is 3. The summed E-state index contributed by atoms with van der Waals surface area (Å²) in [5.74, 6) is 1.48. The van der Waals surface area contributed by atoms with Crippen LogP contribution in [-0.4, -0.2) is 44.4 Å². The number of nitrogens with one attached hydrogen (secondary N) is 2. The average Bonchev–Trinajstić information content (AvgIpc) is 2.72. The Morgan fingerprint density at radius 3 is 2.50 bits per heavy atom. The van der Waals surface area contributed by atoms with Crippen LogP contribution in [0.2, 0.25) is 0 Å². The summed E-state index contributed by atoms with van der Waals surface area (Å²) < 4.78 is 34.2. The van der Waals surface area contributed by atoms with Crippen molar-refractivity contribution in [1.82, 2.24) is 10.6 Å². The summed E-state index contributed by atoms with van der Waals surface area (Å²) in [4.78, 5) is 4.41. The van der Waals surface area contributed by atoms with Crippen molar-refractivity contribution in [3.63, 3.8) is 0 Å². The van der Waals surface area contributed by atoms with Crippen molar-refractivity contribution in [3.8, 4) is 11.5 Å². The predicted molar refractivity (Wildman–Crippen MR) is 113 cm³/mol. The molecule has 1 unspecified atom stereocenters. The van der Waals surface area contributed by atoms with Crippen molar-refractivity contribution in [2.24, 2.45) is 4.99 Å². The van der Waals surface area contributed by atoms with Crippen LogP contribution in [0, 0.1) is 6.92 Å². The molecule has 30 heavy (non-hydrogen) atoms. The fourth-order valence-electron chi connectivity index (χ4n) is 2.91. The second-order valence-corrected chi connectivity index (χ2v) is 6.68. The van der Waals surface area contributed by atoms with Crippen molar-refractivity contribution < 1.29 is 23.4 Å². The second kappa shape index (κ2) is 12.0. The molecule has 0 radical (unpaired) electrons. The number of methoxy groups -OCH3 is 1. The SMILES string of the molecule is CCNC(=NCC(O)c1ccc(OC(F)F)cc1)NCCc1cc(C)ccc1OC. The van der Waals surface area contributed by atoms with E-state index in [1.807, 2.05) is 26.0 Å². The fourth-order valence-corrected chi connectivity index (χ4v) is 2.91. The van der Waals surface area contributed by atoms with Gasteiger partial charge in [0.1, 0.15) is 11.5 Å². The van der Waals surface area contributed by atoms with Crippen LogP contribution in [0.1, 0.15) is 29.7 Å². The Hall–Kier alpha value is -2.87. The molecular weight excluding hydrogens is 392 g/mol. The van der Waals surface area contributed by atoms with E-state index in [9.17, 15) is 13.9 Å². The number of halogens is 2. The zero-order valence-electron chi connectivity index (χ0n) is 17.5. The van der Waals surface area contributed by atoms with Crippen LogP contribution in [-0.2, 0) is 6.42 Å². The lowest BCUT2D eigenvalue weighted by atomic mass is 10.1. The van der Waals surface area contributed by atoms with Crippen LogP contribution in [0.4, 0.5) is 8.78 Å². The first-order chi connectivity index (χ1) is 14.4. The number of aliphatic hydroxyl groups excluding tert-OH is 1. The highest BCUT2D eigenvalue weighted by atomic mass is 19.3. The lowest BCUT2D eigenvalue weighted by Crippen LogP contribution is -2.38. The van der Waals surface area contributed by atoms with Crippen LogP contribution in [0.15, 0.2) is 47.5 Å². The summed E-state index contributed by atoms with van der Waals surface area (Å²) >= 11 is 0. The van der Waals surface area contributed by atoms with Gasteiger partial charge in [-0.15, -0.1) is 0 Å². The van der Waals surface area contributed by atoms with Crippen molar-refractivity contribution in [2.75, 3.05) is 26.7 Å². The van der Waals surface area contributed by atoms with Gasteiger partial charge in [-0.2, -0.15) is 8.78 Å². The van der Waals surface area contributed by atoms with Gasteiger partial charge in [0.05, 0.1) is 19.8 Å². The maximum Gasteiger partial charge on any atom is 0.387 e. The fraction of sp³-hybridized carbons (Fsp3) is 0.409. The standard InChI is InChI=1S/C22H29F2N3O3/c1-4-25-22(26-12-11-17-13-15(2)5-10-20(17)29-3)27-14-19(28)16-6-8-18(9-7-16)30-21(23)24/h5-10,13,19,21,28H,4,11-12,14H2,1-3H3,(H2,25,26,27). The van der Waals surface area contributed by atoms with E-state index in [0.29, 0.717) is 24.6 Å². The first-order valence-corrected chi connectivity index (χ1v) is 9.81. The Morgan fingerprint density at radius 1 is 1.13 bits per heavy atom. The molecule has 0 saturated heterocycles. The van der Waals surface area contributed by atoms with E-state index < -0.39 is 12.7 Å². The highest BCUT2D eigenvalue weighted by Gasteiger charge is 2.10. The van der Waals surface area contributed by atoms with E-state index in [1.165, 1.54) is 17.7 Å². The monoisotopic (exact) mass is 421 g/mol. The van der Waals surface area contributed by atoms with Crippen molar-refractivity contribution in [2.45, 2.75) is 33.0 Å². The van der Waals surface area contributed by atoms with Crippen molar-refractivity contribution in [3.05, 3.63) is 59.2 Å². The second-order valence-electron chi connectivity index (χ2n) is 6.68. The van der Waals surface area contributed by atoms with Crippen molar-refractivity contribution in [1.29, 1.82) is 0 Å². The molecule has 0 amide bonds. The molecule has 1 atom stereocenters. The number of rotatable bonds is 10. The van der Waals surface area contributed by atoms with E-state index in [0.717, 1.165) is 17.7 Å². The zero-order valence-corrected chi connectivity index (χ0v) is 17.5.